The fraction of sp³-hybridized carbons (Fsp3) is 0.357. The van der Waals surface area contributed by atoms with Crippen LogP contribution in [0.5, 0.6) is 0 Å². The Labute approximate surface area is 119 Å². The fourth-order valence-corrected chi connectivity index (χ4v) is 3.26. The zero-order valence-electron chi connectivity index (χ0n) is 10.4. The van der Waals surface area contributed by atoms with Crippen LogP contribution in [0.4, 0.5) is 4.39 Å². The molecular formula is C14H15BrFN3. The smallest absolute Gasteiger partial charge is 0.132 e. The number of benzene rings is 1. The molecule has 0 aliphatic carbocycles. The Morgan fingerprint density at radius 3 is 2.89 bits per heavy atom. The van der Waals surface area contributed by atoms with Crippen LogP contribution in [-0.2, 0) is 0 Å². The standard InChI is InChI=1S/C14H15BrFN3/c15-12-13(9-4-3-7-17-8-9)18-19-14(12)10-5-1-2-6-11(10)16/h1-2,5-6,9,17H,3-4,7-8H2,(H,18,19). The van der Waals surface area contributed by atoms with Crippen LogP contribution in [-0.4, -0.2) is 23.3 Å². The van der Waals surface area contributed by atoms with Crippen molar-refractivity contribution in [2.75, 3.05) is 13.1 Å². The summed E-state index contributed by atoms with van der Waals surface area (Å²) in [5.74, 6) is 0.166. The number of aromatic amines is 1. The van der Waals surface area contributed by atoms with Crippen molar-refractivity contribution < 1.29 is 4.39 Å². The maximum absolute atomic E-state index is 13.8. The Bertz CT molecular complexity index is 576. The van der Waals surface area contributed by atoms with Crippen LogP contribution < -0.4 is 5.32 Å². The Kier molecular flexibility index (Phi) is 3.66. The normalized spacial score (nSPS) is 19.6. The van der Waals surface area contributed by atoms with Gasteiger partial charge in [0.2, 0.25) is 0 Å². The zero-order chi connectivity index (χ0) is 13.2. The molecule has 1 aromatic heterocycles. The first-order valence-corrected chi connectivity index (χ1v) is 7.26. The van der Waals surface area contributed by atoms with E-state index in [-0.39, 0.29) is 5.82 Å². The number of halogens is 2. The van der Waals surface area contributed by atoms with E-state index in [1.165, 1.54) is 6.07 Å². The SMILES string of the molecule is Fc1ccccc1-c1n[nH]c(C2CCCNC2)c1Br. The largest absolute Gasteiger partial charge is 0.316 e. The highest BCUT2D eigenvalue weighted by molar-refractivity contribution is 9.10. The van der Waals surface area contributed by atoms with E-state index in [0.717, 1.165) is 36.1 Å². The van der Waals surface area contributed by atoms with Gasteiger partial charge >= 0.3 is 0 Å². The molecule has 5 heteroatoms. The molecule has 3 rings (SSSR count). The number of nitrogens with one attached hydrogen (secondary N) is 2. The lowest BCUT2D eigenvalue weighted by Crippen LogP contribution is -2.28. The van der Waals surface area contributed by atoms with Gasteiger partial charge in [0.15, 0.2) is 0 Å². The second kappa shape index (κ2) is 5.43. The molecule has 0 amide bonds. The molecule has 100 valence electrons. The van der Waals surface area contributed by atoms with E-state index in [4.69, 9.17) is 0 Å². The van der Waals surface area contributed by atoms with Gasteiger partial charge < -0.3 is 5.32 Å². The maximum atomic E-state index is 13.8. The van der Waals surface area contributed by atoms with E-state index in [0.29, 0.717) is 17.2 Å². The second-order valence-corrected chi connectivity index (χ2v) is 5.62. The molecule has 1 atom stereocenters. The first-order chi connectivity index (χ1) is 9.27. The predicted molar refractivity (Wildman–Crippen MR) is 76.5 cm³/mol. The molecule has 1 fully saturated rings. The molecule has 2 N–H and O–H groups in total. The Balaban J connectivity index is 1.97. The van der Waals surface area contributed by atoms with Gasteiger partial charge in [-0.3, -0.25) is 5.10 Å². The molecule has 19 heavy (non-hydrogen) atoms. The molecule has 0 spiro atoms. The van der Waals surface area contributed by atoms with Gasteiger partial charge in [-0.25, -0.2) is 4.39 Å². The molecule has 1 unspecified atom stereocenters. The average Bonchev–Trinajstić information content (AvgIpc) is 2.82. The molecule has 0 saturated carbocycles. The maximum Gasteiger partial charge on any atom is 0.132 e. The Hall–Kier alpha value is -1.20. The van der Waals surface area contributed by atoms with E-state index >= 15 is 0 Å². The summed E-state index contributed by atoms with van der Waals surface area (Å²) in [7, 11) is 0. The molecule has 2 aromatic rings. The summed E-state index contributed by atoms with van der Waals surface area (Å²) in [5, 5.41) is 10.7. The van der Waals surface area contributed by atoms with Gasteiger partial charge in [0, 0.05) is 18.0 Å². The average molecular weight is 324 g/mol. The van der Waals surface area contributed by atoms with Gasteiger partial charge in [0.1, 0.15) is 11.5 Å². The highest BCUT2D eigenvalue weighted by Gasteiger charge is 2.23. The number of hydrogen-bond donors (Lipinski definition) is 2. The number of aromatic nitrogens is 2. The van der Waals surface area contributed by atoms with Crippen LogP contribution in [0.3, 0.4) is 0 Å². The van der Waals surface area contributed by atoms with E-state index in [1.807, 2.05) is 6.07 Å². The quantitative estimate of drug-likeness (QED) is 0.888. The van der Waals surface area contributed by atoms with Crippen molar-refractivity contribution in [2.45, 2.75) is 18.8 Å². The minimum atomic E-state index is -0.247. The first kappa shape index (κ1) is 12.8. The van der Waals surface area contributed by atoms with Gasteiger partial charge in [-0.05, 0) is 47.4 Å². The van der Waals surface area contributed by atoms with Crippen molar-refractivity contribution in [1.29, 1.82) is 0 Å². The summed E-state index contributed by atoms with van der Waals surface area (Å²) in [6.45, 7) is 2.01. The number of rotatable bonds is 2. The number of hydrogen-bond acceptors (Lipinski definition) is 2. The van der Waals surface area contributed by atoms with Crippen molar-refractivity contribution in [2.24, 2.45) is 0 Å². The van der Waals surface area contributed by atoms with Gasteiger partial charge in [-0.15, -0.1) is 0 Å². The monoisotopic (exact) mass is 323 g/mol. The third-order valence-electron chi connectivity index (χ3n) is 3.57. The van der Waals surface area contributed by atoms with E-state index in [1.54, 1.807) is 12.1 Å². The topological polar surface area (TPSA) is 40.7 Å². The summed E-state index contributed by atoms with van der Waals surface area (Å²) in [6.07, 6.45) is 2.29. The highest BCUT2D eigenvalue weighted by atomic mass is 79.9. The molecular weight excluding hydrogens is 309 g/mol. The summed E-state index contributed by atoms with van der Waals surface area (Å²) in [4.78, 5) is 0. The van der Waals surface area contributed by atoms with Gasteiger partial charge in [-0.2, -0.15) is 5.10 Å². The van der Waals surface area contributed by atoms with Gasteiger partial charge in [0.05, 0.1) is 10.2 Å². The molecule has 0 radical (unpaired) electrons. The van der Waals surface area contributed by atoms with Crippen LogP contribution in [0.25, 0.3) is 11.3 Å². The molecule has 1 saturated heterocycles. The van der Waals surface area contributed by atoms with Crippen molar-refractivity contribution in [3.05, 3.63) is 40.2 Å². The van der Waals surface area contributed by atoms with E-state index < -0.39 is 0 Å². The van der Waals surface area contributed by atoms with Gasteiger partial charge in [0.25, 0.3) is 0 Å². The highest BCUT2D eigenvalue weighted by Crippen LogP contribution is 2.35. The summed E-state index contributed by atoms with van der Waals surface area (Å²) < 4.78 is 14.7. The number of H-pyrrole nitrogens is 1. The van der Waals surface area contributed by atoms with Crippen molar-refractivity contribution >= 4 is 15.9 Å². The van der Waals surface area contributed by atoms with E-state index in [9.17, 15) is 4.39 Å². The minimum Gasteiger partial charge on any atom is -0.316 e. The Morgan fingerprint density at radius 1 is 1.32 bits per heavy atom. The van der Waals surface area contributed by atoms with Crippen LogP contribution in [0.2, 0.25) is 0 Å². The van der Waals surface area contributed by atoms with Crippen molar-refractivity contribution in [3.63, 3.8) is 0 Å². The van der Waals surface area contributed by atoms with Crippen LogP contribution in [0.1, 0.15) is 24.5 Å². The molecule has 1 aliphatic heterocycles. The van der Waals surface area contributed by atoms with Crippen LogP contribution in [0, 0.1) is 5.82 Å². The lowest BCUT2D eigenvalue weighted by Gasteiger charge is -2.21. The van der Waals surface area contributed by atoms with Gasteiger partial charge in [-0.1, -0.05) is 12.1 Å². The van der Waals surface area contributed by atoms with Crippen LogP contribution in [0.15, 0.2) is 28.7 Å². The summed E-state index contributed by atoms with van der Waals surface area (Å²) >= 11 is 3.57. The molecule has 2 heterocycles. The Morgan fingerprint density at radius 2 is 2.16 bits per heavy atom. The lowest BCUT2D eigenvalue weighted by molar-refractivity contribution is 0.453. The molecule has 1 aromatic carbocycles. The number of piperidine rings is 1. The third kappa shape index (κ3) is 2.44. The molecule has 0 bridgehead atoms. The lowest BCUT2D eigenvalue weighted by atomic mass is 9.95. The zero-order valence-corrected chi connectivity index (χ0v) is 12.0. The fourth-order valence-electron chi connectivity index (χ4n) is 2.54. The van der Waals surface area contributed by atoms with E-state index in [2.05, 4.69) is 31.4 Å². The summed E-state index contributed by atoms with van der Waals surface area (Å²) in [5.41, 5.74) is 2.24. The third-order valence-corrected chi connectivity index (χ3v) is 4.37. The second-order valence-electron chi connectivity index (χ2n) is 4.82. The van der Waals surface area contributed by atoms with Crippen LogP contribution >= 0.6 is 15.9 Å². The predicted octanol–water partition coefficient (Wildman–Crippen LogP) is 3.45. The number of nitrogens with zero attached hydrogens (tertiary/aromatic N) is 1. The van der Waals surface area contributed by atoms with Crippen molar-refractivity contribution in [3.8, 4) is 11.3 Å². The molecule has 1 aliphatic rings. The molecule has 3 nitrogen and oxygen atoms in total. The summed E-state index contributed by atoms with van der Waals surface area (Å²) in [6, 6.07) is 6.71. The first-order valence-electron chi connectivity index (χ1n) is 6.46. The minimum absolute atomic E-state index is 0.247. The van der Waals surface area contributed by atoms with Crippen molar-refractivity contribution in [1.82, 2.24) is 15.5 Å².